The number of benzene rings is 2. The van der Waals surface area contributed by atoms with Crippen molar-refractivity contribution in [3.8, 4) is 0 Å². The largest absolute Gasteiger partial charge is 0.326 e. The van der Waals surface area contributed by atoms with Crippen molar-refractivity contribution in [2.24, 2.45) is 5.92 Å². The van der Waals surface area contributed by atoms with E-state index < -0.39 is 5.92 Å². The lowest BCUT2D eigenvalue weighted by atomic mass is 10.1. The fourth-order valence-electron chi connectivity index (χ4n) is 4.22. The van der Waals surface area contributed by atoms with Gasteiger partial charge in [-0.3, -0.25) is 19.2 Å². The van der Waals surface area contributed by atoms with Crippen LogP contribution in [0.1, 0.15) is 32.3 Å². The lowest BCUT2D eigenvalue weighted by Crippen LogP contribution is -2.28. The zero-order valence-corrected chi connectivity index (χ0v) is 18.2. The van der Waals surface area contributed by atoms with Crippen molar-refractivity contribution in [1.29, 1.82) is 0 Å². The molecule has 2 aromatic carbocycles. The van der Waals surface area contributed by atoms with Crippen LogP contribution in [-0.4, -0.2) is 36.7 Å². The molecule has 0 saturated carbocycles. The number of fused-ring (bicyclic) bond motifs is 1. The Morgan fingerprint density at radius 3 is 2.38 bits per heavy atom. The van der Waals surface area contributed by atoms with Crippen LogP contribution in [-0.2, 0) is 25.6 Å². The highest BCUT2D eigenvalue weighted by molar-refractivity contribution is 6.04. The third-order valence-electron chi connectivity index (χ3n) is 5.84. The first-order valence-electron chi connectivity index (χ1n) is 10.8. The molecule has 2 aliphatic rings. The molecule has 2 aromatic rings. The van der Waals surface area contributed by atoms with Crippen molar-refractivity contribution in [1.82, 2.24) is 0 Å². The van der Waals surface area contributed by atoms with E-state index in [0.717, 1.165) is 23.4 Å². The van der Waals surface area contributed by atoms with Crippen LogP contribution in [0.15, 0.2) is 42.5 Å². The summed E-state index contributed by atoms with van der Waals surface area (Å²) in [5.74, 6) is -0.832. The molecule has 166 valence electrons. The van der Waals surface area contributed by atoms with E-state index in [1.54, 1.807) is 34.1 Å². The summed E-state index contributed by atoms with van der Waals surface area (Å²) in [4.78, 5) is 52.0. The molecule has 2 aliphatic heterocycles. The van der Waals surface area contributed by atoms with Gasteiger partial charge in [-0.25, -0.2) is 0 Å². The average Bonchev–Trinajstić information content (AvgIpc) is 3.37. The number of hydrogen-bond donors (Lipinski definition) is 2. The third kappa shape index (κ3) is 4.34. The summed E-state index contributed by atoms with van der Waals surface area (Å²) in [5, 5.41) is 5.52. The second-order valence-corrected chi connectivity index (χ2v) is 8.12. The molecule has 1 fully saturated rings. The molecule has 8 nitrogen and oxygen atoms in total. The van der Waals surface area contributed by atoms with Gasteiger partial charge in [0.1, 0.15) is 0 Å². The second-order valence-electron chi connectivity index (χ2n) is 8.12. The quantitative estimate of drug-likeness (QED) is 0.756. The van der Waals surface area contributed by atoms with Crippen molar-refractivity contribution in [3.63, 3.8) is 0 Å². The van der Waals surface area contributed by atoms with Crippen LogP contribution in [0, 0.1) is 5.92 Å². The van der Waals surface area contributed by atoms with Gasteiger partial charge in [-0.15, -0.1) is 0 Å². The van der Waals surface area contributed by atoms with Gasteiger partial charge in [0.05, 0.1) is 5.92 Å². The van der Waals surface area contributed by atoms with E-state index >= 15 is 0 Å². The van der Waals surface area contributed by atoms with E-state index in [9.17, 15) is 19.2 Å². The molecule has 4 rings (SSSR count). The Kier molecular flexibility index (Phi) is 5.94. The molecular weight excluding hydrogens is 408 g/mol. The third-order valence-corrected chi connectivity index (χ3v) is 5.84. The predicted molar refractivity (Wildman–Crippen MR) is 123 cm³/mol. The highest BCUT2D eigenvalue weighted by Gasteiger charge is 2.36. The first-order chi connectivity index (χ1) is 15.4. The number of anilines is 4. The number of carbonyl (C=O) groups is 4. The number of hydrogen-bond acceptors (Lipinski definition) is 4. The minimum atomic E-state index is -0.455. The molecule has 0 unspecified atom stereocenters. The summed E-state index contributed by atoms with van der Waals surface area (Å²) in [6.07, 6.45) is 1.36. The molecule has 2 N–H and O–H groups in total. The topological polar surface area (TPSA) is 98.8 Å². The van der Waals surface area contributed by atoms with Crippen molar-refractivity contribution in [2.75, 3.05) is 33.5 Å². The predicted octanol–water partition coefficient (Wildman–Crippen LogP) is 2.94. The molecular formula is C24H26N4O4. The molecule has 2 heterocycles. The zero-order valence-electron chi connectivity index (χ0n) is 18.2. The smallest absolute Gasteiger partial charge is 0.229 e. The van der Waals surface area contributed by atoms with E-state index in [2.05, 4.69) is 10.6 Å². The number of rotatable bonds is 5. The van der Waals surface area contributed by atoms with Crippen LogP contribution in [0.4, 0.5) is 22.7 Å². The van der Waals surface area contributed by atoms with Crippen LogP contribution >= 0.6 is 0 Å². The van der Waals surface area contributed by atoms with Gasteiger partial charge in [0, 0.05) is 55.6 Å². The van der Waals surface area contributed by atoms with Crippen LogP contribution in [0.2, 0.25) is 0 Å². The highest BCUT2D eigenvalue weighted by atomic mass is 16.2. The maximum atomic E-state index is 12.7. The van der Waals surface area contributed by atoms with E-state index in [-0.39, 0.29) is 30.0 Å². The van der Waals surface area contributed by atoms with Crippen molar-refractivity contribution in [3.05, 3.63) is 48.0 Å². The minimum Gasteiger partial charge on any atom is -0.326 e. The zero-order chi connectivity index (χ0) is 22.8. The fourth-order valence-corrected chi connectivity index (χ4v) is 4.22. The Hall–Kier alpha value is -3.68. The highest BCUT2D eigenvalue weighted by Crippen LogP contribution is 2.34. The van der Waals surface area contributed by atoms with Gasteiger partial charge >= 0.3 is 0 Å². The van der Waals surface area contributed by atoms with Crippen LogP contribution in [0.25, 0.3) is 0 Å². The van der Waals surface area contributed by atoms with Crippen molar-refractivity contribution in [2.45, 2.75) is 33.1 Å². The second kappa shape index (κ2) is 8.82. The molecule has 0 radical (unpaired) electrons. The van der Waals surface area contributed by atoms with E-state index in [1.165, 1.54) is 6.92 Å². The van der Waals surface area contributed by atoms with Crippen molar-refractivity contribution >= 4 is 46.4 Å². The van der Waals surface area contributed by atoms with Crippen molar-refractivity contribution < 1.29 is 19.2 Å². The Morgan fingerprint density at radius 2 is 1.72 bits per heavy atom. The van der Waals surface area contributed by atoms with Gasteiger partial charge in [-0.2, -0.15) is 0 Å². The van der Waals surface area contributed by atoms with Crippen LogP contribution < -0.4 is 20.4 Å². The van der Waals surface area contributed by atoms with E-state index in [1.807, 2.05) is 25.1 Å². The molecule has 1 saturated heterocycles. The van der Waals surface area contributed by atoms with Gasteiger partial charge in [0.2, 0.25) is 23.6 Å². The summed E-state index contributed by atoms with van der Waals surface area (Å²) in [5.41, 5.74) is 3.96. The average molecular weight is 434 g/mol. The van der Waals surface area contributed by atoms with Gasteiger partial charge in [0.15, 0.2) is 0 Å². The van der Waals surface area contributed by atoms with Crippen LogP contribution in [0.5, 0.6) is 0 Å². The molecule has 1 atom stereocenters. The molecule has 32 heavy (non-hydrogen) atoms. The first-order valence-corrected chi connectivity index (χ1v) is 10.8. The lowest BCUT2D eigenvalue weighted by Gasteiger charge is -2.20. The number of nitrogens with zero attached hydrogens (tertiary/aromatic N) is 2. The Balaban J connectivity index is 1.41. The number of nitrogens with one attached hydrogen (secondary N) is 2. The molecule has 4 amide bonds. The molecule has 0 aromatic heterocycles. The summed E-state index contributed by atoms with van der Waals surface area (Å²) in [6.45, 7) is 4.25. The van der Waals surface area contributed by atoms with Gasteiger partial charge in [0.25, 0.3) is 0 Å². The van der Waals surface area contributed by atoms with Gasteiger partial charge in [-0.1, -0.05) is 6.92 Å². The maximum absolute atomic E-state index is 12.7. The maximum Gasteiger partial charge on any atom is 0.229 e. The lowest BCUT2D eigenvalue weighted by molar-refractivity contribution is -0.122. The Bertz CT molecular complexity index is 1080. The van der Waals surface area contributed by atoms with Crippen LogP contribution in [0.3, 0.4) is 0 Å². The molecule has 0 aliphatic carbocycles. The number of carbonyl (C=O) groups excluding carboxylic acids is 4. The molecule has 0 bridgehead atoms. The molecule has 8 heteroatoms. The standard InChI is InChI=1S/C24H26N4O4/c1-3-22(30)27-11-10-16-12-20(8-9-21(16)27)28-14-17(13-23(28)31)24(32)26-19-6-4-18(5-7-19)25-15(2)29/h4-9,12,17H,3,10-11,13-14H2,1-2H3,(H,25,29)(H,26,32)/t17-/m1/s1. The minimum absolute atomic E-state index is 0.0920. The SMILES string of the molecule is CCC(=O)N1CCc2cc(N3C[C@H](C(=O)Nc4ccc(NC(C)=O)cc4)CC3=O)ccc21. The normalized spacial score (nSPS) is 17.3. The monoisotopic (exact) mass is 434 g/mol. The number of amides is 4. The Morgan fingerprint density at radius 1 is 1.03 bits per heavy atom. The first kappa shape index (κ1) is 21.5. The van der Waals surface area contributed by atoms with E-state index in [4.69, 9.17) is 0 Å². The van der Waals surface area contributed by atoms with E-state index in [0.29, 0.717) is 30.9 Å². The van der Waals surface area contributed by atoms with Gasteiger partial charge < -0.3 is 20.4 Å². The summed E-state index contributed by atoms with van der Waals surface area (Å²) >= 11 is 0. The summed E-state index contributed by atoms with van der Waals surface area (Å²) in [6, 6.07) is 12.5. The molecule has 0 spiro atoms. The summed E-state index contributed by atoms with van der Waals surface area (Å²) in [7, 11) is 0. The fraction of sp³-hybridized carbons (Fsp3) is 0.333. The van der Waals surface area contributed by atoms with Gasteiger partial charge in [-0.05, 0) is 54.4 Å². The summed E-state index contributed by atoms with van der Waals surface area (Å²) < 4.78 is 0. The Labute approximate surface area is 186 Å².